The van der Waals surface area contributed by atoms with E-state index in [1.54, 1.807) is 0 Å². The highest BCUT2D eigenvalue weighted by atomic mass is 16.5. The summed E-state index contributed by atoms with van der Waals surface area (Å²) in [4.78, 5) is 11.8. The molecule has 0 aromatic rings. The van der Waals surface area contributed by atoms with Crippen molar-refractivity contribution in [1.82, 2.24) is 0 Å². The van der Waals surface area contributed by atoms with Crippen LogP contribution in [0.5, 0.6) is 0 Å². The monoisotopic (exact) mass is 468 g/mol. The topological polar surface area (TPSA) is 46.5 Å². The van der Waals surface area contributed by atoms with E-state index in [1.165, 1.54) is 141 Å². The number of carbonyl (C=O) groups is 1. The van der Waals surface area contributed by atoms with Crippen molar-refractivity contribution < 1.29 is 14.6 Å². The molecule has 0 aliphatic heterocycles. The second kappa shape index (κ2) is 29.5. The number of esters is 1. The predicted molar refractivity (Wildman–Crippen MR) is 144 cm³/mol. The Labute approximate surface area is 207 Å². The standard InChI is InChI=1S/C30H60O3/c1-2-3-4-5-6-7-17-20-23-26-29-33-30(32)27-24-21-18-15-13-11-9-8-10-12-14-16-19-22-25-28-31/h31H,2-29H2,1H3. The van der Waals surface area contributed by atoms with Crippen LogP contribution in [-0.4, -0.2) is 24.3 Å². The molecule has 0 fully saturated rings. The summed E-state index contributed by atoms with van der Waals surface area (Å²) in [6.45, 7) is 3.25. The smallest absolute Gasteiger partial charge is 0.305 e. The van der Waals surface area contributed by atoms with Gasteiger partial charge in [0.25, 0.3) is 0 Å². The van der Waals surface area contributed by atoms with Gasteiger partial charge in [0.1, 0.15) is 0 Å². The van der Waals surface area contributed by atoms with Crippen LogP contribution >= 0.6 is 0 Å². The molecule has 0 rings (SSSR count). The normalized spacial score (nSPS) is 11.2. The number of aliphatic hydroxyl groups excluding tert-OH is 1. The van der Waals surface area contributed by atoms with Crippen LogP contribution < -0.4 is 0 Å². The Kier molecular flexibility index (Phi) is 29.0. The molecule has 0 saturated heterocycles. The lowest BCUT2D eigenvalue weighted by Gasteiger charge is -2.06. The molecule has 0 unspecified atom stereocenters. The van der Waals surface area contributed by atoms with Crippen molar-refractivity contribution in [3.63, 3.8) is 0 Å². The Morgan fingerprint density at radius 2 is 0.818 bits per heavy atom. The van der Waals surface area contributed by atoms with Gasteiger partial charge in [-0.25, -0.2) is 0 Å². The number of hydrogen-bond acceptors (Lipinski definition) is 3. The van der Waals surface area contributed by atoms with Crippen LogP contribution in [0.15, 0.2) is 0 Å². The fourth-order valence-corrected chi connectivity index (χ4v) is 4.53. The molecule has 0 atom stereocenters. The van der Waals surface area contributed by atoms with E-state index in [-0.39, 0.29) is 5.97 Å². The molecule has 0 bridgehead atoms. The van der Waals surface area contributed by atoms with Crippen LogP contribution in [0.3, 0.4) is 0 Å². The molecule has 0 aromatic carbocycles. The number of unbranched alkanes of at least 4 members (excludes halogenated alkanes) is 23. The van der Waals surface area contributed by atoms with Crippen molar-refractivity contribution >= 4 is 5.97 Å². The maximum absolute atomic E-state index is 11.8. The Hall–Kier alpha value is -0.570. The third-order valence-electron chi connectivity index (χ3n) is 6.80. The van der Waals surface area contributed by atoms with Gasteiger partial charge in [-0.2, -0.15) is 0 Å². The molecule has 3 nitrogen and oxygen atoms in total. The lowest BCUT2D eigenvalue weighted by molar-refractivity contribution is -0.143. The van der Waals surface area contributed by atoms with Crippen LogP contribution in [0.4, 0.5) is 0 Å². The van der Waals surface area contributed by atoms with Gasteiger partial charge in [0.2, 0.25) is 0 Å². The fourth-order valence-electron chi connectivity index (χ4n) is 4.53. The van der Waals surface area contributed by atoms with E-state index >= 15 is 0 Å². The summed E-state index contributed by atoms with van der Waals surface area (Å²) in [7, 11) is 0. The lowest BCUT2D eigenvalue weighted by Crippen LogP contribution is -2.05. The second-order valence-corrected chi connectivity index (χ2v) is 10.2. The number of carbonyl (C=O) groups excluding carboxylic acids is 1. The minimum absolute atomic E-state index is 0.0133. The van der Waals surface area contributed by atoms with Gasteiger partial charge in [-0.15, -0.1) is 0 Å². The first kappa shape index (κ1) is 32.4. The molecule has 1 N–H and O–H groups in total. The summed E-state index contributed by atoms with van der Waals surface area (Å²) >= 11 is 0. The predicted octanol–water partition coefficient (Wildman–Crippen LogP) is 9.68. The van der Waals surface area contributed by atoms with Gasteiger partial charge in [0.05, 0.1) is 6.61 Å². The SMILES string of the molecule is CCCCCCCCCCCCOC(=O)CCCCCCCCCCCCCCCCCO. The van der Waals surface area contributed by atoms with Crippen molar-refractivity contribution in [2.75, 3.05) is 13.2 Å². The van der Waals surface area contributed by atoms with Crippen molar-refractivity contribution in [2.24, 2.45) is 0 Å². The molecule has 0 radical (unpaired) electrons. The molecule has 0 amide bonds. The summed E-state index contributed by atoms with van der Waals surface area (Å²) in [6, 6.07) is 0. The number of ether oxygens (including phenoxy) is 1. The van der Waals surface area contributed by atoms with E-state index in [2.05, 4.69) is 6.92 Å². The Bertz CT molecular complexity index is 370. The van der Waals surface area contributed by atoms with Crippen molar-refractivity contribution in [3.05, 3.63) is 0 Å². The first-order valence-corrected chi connectivity index (χ1v) is 15.1. The number of aliphatic hydroxyl groups is 1. The average Bonchev–Trinajstić information content (AvgIpc) is 2.82. The highest BCUT2D eigenvalue weighted by Crippen LogP contribution is 2.14. The first-order valence-electron chi connectivity index (χ1n) is 15.1. The summed E-state index contributed by atoms with van der Waals surface area (Å²) < 4.78 is 5.39. The van der Waals surface area contributed by atoms with Crippen LogP contribution in [0.1, 0.15) is 174 Å². The molecular formula is C30H60O3. The zero-order valence-corrected chi connectivity index (χ0v) is 22.6. The maximum Gasteiger partial charge on any atom is 0.305 e. The summed E-state index contributed by atoms with van der Waals surface area (Å²) in [5, 5.41) is 8.76. The number of rotatable bonds is 28. The van der Waals surface area contributed by atoms with E-state index in [1.807, 2.05) is 0 Å². The molecule has 0 aliphatic rings. The van der Waals surface area contributed by atoms with Crippen LogP contribution in [0, 0.1) is 0 Å². The summed E-state index contributed by atoms with van der Waals surface area (Å²) in [5.74, 6) is 0.0133. The van der Waals surface area contributed by atoms with Gasteiger partial charge < -0.3 is 9.84 Å². The van der Waals surface area contributed by atoms with Crippen molar-refractivity contribution in [2.45, 2.75) is 174 Å². The van der Waals surface area contributed by atoms with Crippen molar-refractivity contribution in [1.29, 1.82) is 0 Å². The second-order valence-electron chi connectivity index (χ2n) is 10.2. The third-order valence-corrected chi connectivity index (χ3v) is 6.80. The number of hydrogen-bond donors (Lipinski definition) is 1. The summed E-state index contributed by atoms with van der Waals surface area (Å²) in [5.41, 5.74) is 0. The van der Waals surface area contributed by atoms with Gasteiger partial charge in [0.15, 0.2) is 0 Å². The highest BCUT2D eigenvalue weighted by Gasteiger charge is 2.02. The molecule has 33 heavy (non-hydrogen) atoms. The minimum Gasteiger partial charge on any atom is -0.466 e. The van der Waals surface area contributed by atoms with Gasteiger partial charge in [-0.3, -0.25) is 4.79 Å². The van der Waals surface area contributed by atoms with Crippen molar-refractivity contribution in [3.8, 4) is 0 Å². The van der Waals surface area contributed by atoms with Crippen LogP contribution in [0.2, 0.25) is 0 Å². The molecule has 198 valence electrons. The molecule has 0 aliphatic carbocycles. The Morgan fingerprint density at radius 3 is 1.21 bits per heavy atom. The Balaban J connectivity index is 3.13. The van der Waals surface area contributed by atoms with Gasteiger partial charge >= 0.3 is 5.97 Å². The zero-order valence-electron chi connectivity index (χ0n) is 22.6. The van der Waals surface area contributed by atoms with E-state index in [9.17, 15) is 4.79 Å². The summed E-state index contributed by atoms with van der Waals surface area (Å²) in [6.07, 6.45) is 32.9. The van der Waals surface area contributed by atoms with Gasteiger partial charge in [-0.1, -0.05) is 148 Å². The lowest BCUT2D eigenvalue weighted by atomic mass is 10.0. The third kappa shape index (κ3) is 29.4. The molecule has 0 spiro atoms. The average molecular weight is 469 g/mol. The quantitative estimate of drug-likeness (QED) is 0.0918. The van der Waals surface area contributed by atoms with Gasteiger partial charge in [-0.05, 0) is 19.3 Å². The first-order chi connectivity index (χ1) is 16.3. The van der Waals surface area contributed by atoms with Gasteiger partial charge in [0, 0.05) is 13.0 Å². The zero-order chi connectivity index (χ0) is 24.1. The fraction of sp³-hybridized carbons (Fsp3) is 0.967. The molecule has 0 heterocycles. The molecule has 0 saturated carbocycles. The molecule has 3 heteroatoms. The molecular weight excluding hydrogens is 408 g/mol. The minimum atomic E-state index is 0.0133. The van der Waals surface area contributed by atoms with E-state index < -0.39 is 0 Å². The maximum atomic E-state index is 11.8. The van der Waals surface area contributed by atoms with Crippen LogP contribution in [0.25, 0.3) is 0 Å². The highest BCUT2D eigenvalue weighted by molar-refractivity contribution is 5.69. The largest absolute Gasteiger partial charge is 0.466 e. The molecule has 0 aromatic heterocycles. The Morgan fingerprint density at radius 1 is 0.485 bits per heavy atom. The van der Waals surface area contributed by atoms with Crippen LogP contribution in [-0.2, 0) is 9.53 Å². The van der Waals surface area contributed by atoms with E-state index in [0.29, 0.717) is 19.6 Å². The van der Waals surface area contributed by atoms with E-state index in [4.69, 9.17) is 9.84 Å². The van der Waals surface area contributed by atoms with E-state index in [0.717, 1.165) is 19.3 Å².